The topological polar surface area (TPSA) is 12.0 Å². The van der Waals surface area contributed by atoms with Crippen LogP contribution in [0, 0.1) is 5.82 Å². The Labute approximate surface area is 115 Å². The quantitative estimate of drug-likeness (QED) is 0.524. The van der Waals surface area contributed by atoms with Crippen LogP contribution in [0.3, 0.4) is 0 Å². The fraction of sp³-hybridized carbons (Fsp3) is 0.600. The van der Waals surface area contributed by atoms with Gasteiger partial charge in [0, 0.05) is 16.7 Å². The number of hydrogen-bond acceptors (Lipinski definition) is 2. The number of halogens is 1. The van der Waals surface area contributed by atoms with Gasteiger partial charge in [0.05, 0.1) is 0 Å². The Bertz CT molecular complexity index is 313. The first-order valence-corrected chi connectivity index (χ1v) is 7.80. The molecule has 1 N–H and O–H groups in total. The lowest BCUT2D eigenvalue weighted by Gasteiger charge is -2.15. The Hall–Kier alpha value is -0.540. The van der Waals surface area contributed by atoms with Gasteiger partial charge in [0.2, 0.25) is 0 Å². The molecule has 1 rings (SSSR count). The summed E-state index contributed by atoms with van der Waals surface area (Å²) >= 11 is 1.80. The van der Waals surface area contributed by atoms with E-state index in [9.17, 15) is 4.39 Å². The van der Waals surface area contributed by atoms with E-state index in [1.165, 1.54) is 44.2 Å². The van der Waals surface area contributed by atoms with Crippen molar-refractivity contribution in [2.45, 2.75) is 50.0 Å². The van der Waals surface area contributed by atoms with Crippen LogP contribution in [0.1, 0.15) is 39.0 Å². The summed E-state index contributed by atoms with van der Waals surface area (Å²) in [6.45, 7) is 2.24. The Balaban J connectivity index is 2.24. The Morgan fingerprint density at radius 1 is 1.17 bits per heavy atom. The van der Waals surface area contributed by atoms with Crippen LogP contribution < -0.4 is 5.32 Å². The van der Waals surface area contributed by atoms with E-state index in [0.29, 0.717) is 6.04 Å². The molecule has 3 heteroatoms. The molecule has 0 fully saturated rings. The van der Waals surface area contributed by atoms with Crippen molar-refractivity contribution < 1.29 is 4.39 Å². The van der Waals surface area contributed by atoms with Gasteiger partial charge in [-0.2, -0.15) is 0 Å². The SMILES string of the molecule is CCCCCCC(CSc1ccc(F)cc1)NC. The summed E-state index contributed by atoms with van der Waals surface area (Å²) in [6, 6.07) is 7.31. The van der Waals surface area contributed by atoms with Crippen LogP contribution in [0.5, 0.6) is 0 Å². The van der Waals surface area contributed by atoms with Crippen LogP contribution in [0.4, 0.5) is 4.39 Å². The molecule has 0 spiro atoms. The minimum absolute atomic E-state index is 0.163. The van der Waals surface area contributed by atoms with Crippen LogP contribution in [0.25, 0.3) is 0 Å². The zero-order chi connectivity index (χ0) is 13.2. The maximum Gasteiger partial charge on any atom is 0.123 e. The highest BCUT2D eigenvalue weighted by molar-refractivity contribution is 7.99. The number of rotatable bonds is 9. The summed E-state index contributed by atoms with van der Waals surface area (Å²) < 4.78 is 12.8. The molecule has 102 valence electrons. The highest BCUT2D eigenvalue weighted by atomic mass is 32.2. The lowest BCUT2D eigenvalue weighted by atomic mass is 10.1. The van der Waals surface area contributed by atoms with E-state index in [1.54, 1.807) is 11.8 Å². The molecule has 0 bridgehead atoms. The summed E-state index contributed by atoms with van der Waals surface area (Å²) in [5.41, 5.74) is 0. The lowest BCUT2D eigenvalue weighted by molar-refractivity contribution is 0.523. The molecular weight excluding hydrogens is 245 g/mol. The summed E-state index contributed by atoms with van der Waals surface area (Å²) in [5, 5.41) is 3.37. The van der Waals surface area contributed by atoms with Crippen LogP contribution in [-0.2, 0) is 0 Å². The number of nitrogens with one attached hydrogen (secondary N) is 1. The van der Waals surface area contributed by atoms with Crippen LogP contribution >= 0.6 is 11.8 Å². The molecule has 0 aliphatic heterocycles. The van der Waals surface area contributed by atoms with Gasteiger partial charge in [-0.05, 0) is 37.7 Å². The van der Waals surface area contributed by atoms with Gasteiger partial charge in [-0.1, -0.05) is 32.6 Å². The van der Waals surface area contributed by atoms with Crippen molar-refractivity contribution in [3.05, 3.63) is 30.1 Å². The summed E-state index contributed by atoms with van der Waals surface area (Å²) in [7, 11) is 2.02. The van der Waals surface area contributed by atoms with Crippen molar-refractivity contribution in [2.75, 3.05) is 12.8 Å². The number of unbranched alkanes of at least 4 members (excludes halogenated alkanes) is 3. The maximum atomic E-state index is 12.8. The van der Waals surface area contributed by atoms with Crippen molar-refractivity contribution in [3.63, 3.8) is 0 Å². The second kappa shape index (κ2) is 9.40. The molecule has 1 unspecified atom stereocenters. The third-order valence-corrected chi connectivity index (χ3v) is 4.25. The van der Waals surface area contributed by atoms with Gasteiger partial charge in [0.1, 0.15) is 5.82 Å². The molecule has 1 nitrogen and oxygen atoms in total. The van der Waals surface area contributed by atoms with E-state index < -0.39 is 0 Å². The fourth-order valence-electron chi connectivity index (χ4n) is 1.86. The summed E-state index contributed by atoms with van der Waals surface area (Å²) in [4.78, 5) is 1.14. The zero-order valence-corrected chi connectivity index (χ0v) is 12.2. The fourth-order valence-corrected chi connectivity index (χ4v) is 2.91. The molecule has 1 atom stereocenters. The lowest BCUT2D eigenvalue weighted by Crippen LogP contribution is -2.27. The monoisotopic (exact) mass is 269 g/mol. The smallest absolute Gasteiger partial charge is 0.123 e. The van der Waals surface area contributed by atoms with E-state index in [2.05, 4.69) is 12.2 Å². The molecule has 0 radical (unpaired) electrons. The molecule has 0 aliphatic rings. The normalized spacial score (nSPS) is 12.6. The van der Waals surface area contributed by atoms with Crippen molar-refractivity contribution >= 4 is 11.8 Å². The van der Waals surface area contributed by atoms with E-state index in [1.807, 2.05) is 19.2 Å². The first-order valence-electron chi connectivity index (χ1n) is 6.82. The number of thioether (sulfide) groups is 1. The first-order chi connectivity index (χ1) is 8.76. The maximum absolute atomic E-state index is 12.8. The molecule has 0 saturated carbocycles. The predicted molar refractivity (Wildman–Crippen MR) is 78.7 cm³/mol. The predicted octanol–water partition coefficient (Wildman–Crippen LogP) is 4.48. The first kappa shape index (κ1) is 15.5. The standard InChI is InChI=1S/C15H24FNS/c1-3-4-5-6-7-14(17-2)12-18-15-10-8-13(16)9-11-15/h8-11,14,17H,3-7,12H2,1-2H3. The molecule has 0 saturated heterocycles. The van der Waals surface area contributed by atoms with Gasteiger partial charge in [-0.25, -0.2) is 4.39 Å². The van der Waals surface area contributed by atoms with Gasteiger partial charge < -0.3 is 5.32 Å². The summed E-state index contributed by atoms with van der Waals surface area (Å²) in [5.74, 6) is 0.887. The zero-order valence-electron chi connectivity index (χ0n) is 11.4. The van der Waals surface area contributed by atoms with Crippen LogP contribution in [0.15, 0.2) is 29.2 Å². The van der Waals surface area contributed by atoms with Gasteiger partial charge in [-0.15, -0.1) is 11.8 Å². The second-order valence-electron chi connectivity index (χ2n) is 4.60. The van der Waals surface area contributed by atoms with Gasteiger partial charge in [0.25, 0.3) is 0 Å². The molecule has 0 aromatic heterocycles. The molecule has 18 heavy (non-hydrogen) atoms. The molecule has 1 aromatic carbocycles. The minimum Gasteiger partial charge on any atom is -0.316 e. The minimum atomic E-state index is -0.163. The van der Waals surface area contributed by atoms with Crippen molar-refractivity contribution in [1.82, 2.24) is 5.32 Å². The molecule has 0 aliphatic carbocycles. The largest absolute Gasteiger partial charge is 0.316 e. The number of benzene rings is 1. The van der Waals surface area contributed by atoms with Crippen molar-refractivity contribution in [1.29, 1.82) is 0 Å². The van der Waals surface area contributed by atoms with Gasteiger partial charge >= 0.3 is 0 Å². The summed E-state index contributed by atoms with van der Waals surface area (Å²) in [6.07, 6.45) is 6.47. The van der Waals surface area contributed by atoms with Crippen molar-refractivity contribution in [2.24, 2.45) is 0 Å². The van der Waals surface area contributed by atoms with E-state index in [0.717, 1.165) is 10.6 Å². The third kappa shape index (κ3) is 6.41. The Morgan fingerprint density at radius 3 is 2.50 bits per heavy atom. The highest BCUT2D eigenvalue weighted by Crippen LogP contribution is 2.20. The average molecular weight is 269 g/mol. The Kier molecular flexibility index (Phi) is 8.10. The molecular formula is C15H24FNS. The van der Waals surface area contributed by atoms with Crippen LogP contribution in [0.2, 0.25) is 0 Å². The van der Waals surface area contributed by atoms with Crippen LogP contribution in [-0.4, -0.2) is 18.8 Å². The third-order valence-electron chi connectivity index (χ3n) is 3.08. The second-order valence-corrected chi connectivity index (χ2v) is 5.69. The van der Waals surface area contributed by atoms with Gasteiger partial charge in [-0.3, -0.25) is 0 Å². The van der Waals surface area contributed by atoms with Gasteiger partial charge in [0.15, 0.2) is 0 Å². The van der Waals surface area contributed by atoms with E-state index >= 15 is 0 Å². The number of hydrogen-bond donors (Lipinski definition) is 1. The molecule has 0 heterocycles. The van der Waals surface area contributed by atoms with E-state index in [-0.39, 0.29) is 5.82 Å². The molecule has 0 amide bonds. The van der Waals surface area contributed by atoms with E-state index in [4.69, 9.17) is 0 Å². The highest BCUT2D eigenvalue weighted by Gasteiger charge is 2.06. The molecule has 1 aromatic rings. The Morgan fingerprint density at radius 2 is 1.89 bits per heavy atom. The van der Waals surface area contributed by atoms with Crippen molar-refractivity contribution in [3.8, 4) is 0 Å². The average Bonchev–Trinajstić information content (AvgIpc) is 2.40.